The number of para-hydroxylation sites is 2. The minimum atomic E-state index is -3.20. The molecule has 0 aliphatic rings. The molecule has 3 aromatic rings. The highest BCUT2D eigenvalue weighted by atomic mass is 32.2. The van der Waals surface area contributed by atoms with E-state index in [1.165, 1.54) is 18.4 Å². The Labute approximate surface area is 147 Å². The van der Waals surface area contributed by atoms with Crippen molar-refractivity contribution in [1.29, 1.82) is 0 Å². The van der Waals surface area contributed by atoms with E-state index in [0.29, 0.717) is 12.4 Å². The molecule has 0 heterocycles. The van der Waals surface area contributed by atoms with Gasteiger partial charge >= 0.3 is 0 Å². The zero-order chi connectivity index (χ0) is 17.7. The highest BCUT2D eigenvalue weighted by Crippen LogP contribution is 2.26. The minimum absolute atomic E-state index is 0.271. The first-order valence-electron chi connectivity index (χ1n) is 7.76. The first-order chi connectivity index (χ1) is 12.0. The highest BCUT2D eigenvalue weighted by molar-refractivity contribution is 7.90. The molecule has 4 nitrogen and oxygen atoms in total. The Hall–Kier alpha value is -2.79. The Balaban J connectivity index is 1.71. The van der Waals surface area contributed by atoms with Crippen molar-refractivity contribution in [3.8, 4) is 17.2 Å². The quantitative estimate of drug-likeness (QED) is 0.656. The summed E-state index contributed by atoms with van der Waals surface area (Å²) in [6.45, 7) is 0.321. The van der Waals surface area contributed by atoms with Gasteiger partial charge in [-0.25, -0.2) is 8.42 Å². The van der Waals surface area contributed by atoms with Crippen LogP contribution in [0.3, 0.4) is 0 Å². The summed E-state index contributed by atoms with van der Waals surface area (Å²) in [6.07, 6.45) is 1.18. The van der Waals surface area contributed by atoms with Gasteiger partial charge < -0.3 is 9.47 Å². The van der Waals surface area contributed by atoms with E-state index in [9.17, 15) is 8.42 Å². The van der Waals surface area contributed by atoms with Crippen molar-refractivity contribution < 1.29 is 17.9 Å². The number of hydrogen-bond acceptors (Lipinski definition) is 4. The van der Waals surface area contributed by atoms with Gasteiger partial charge in [-0.05, 0) is 42.5 Å². The molecule has 0 saturated heterocycles. The molecule has 25 heavy (non-hydrogen) atoms. The van der Waals surface area contributed by atoms with Crippen LogP contribution in [0.15, 0.2) is 83.8 Å². The molecule has 3 rings (SSSR count). The molecule has 0 aliphatic carbocycles. The Bertz CT molecular complexity index is 933. The van der Waals surface area contributed by atoms with Gasteiger partial charge in [-0.1, -0.05) is 36.4 Å². The fraction of sp³-hybridized carbons (Fsp3) is 0.100. The molecule has 0 aliphatic heterocycles. The summed E-state index contributed by atoms with van der Waals surface area (Å²) < 4.78 is 34.6. The van der Waals surface area contributed by atoms with Crippen molar-refractivity contribution in [3.05, 3.63) is 84.4 Å². The van der Waals surface area contributed by atoms with Gasteiger partial charge in [0.25, 0.3) is 0 Å². The van der Waals surface area contributed by atoms with Gasteiger partial charge in [-0.2, -0.15) is 0 Å². The molecular formula is C20H18O4S. The standard InChI is InChI=1S/C20H18O4S/c1-25(21,22)19-13-11-17(12-14-19)23-15-16-7-5-6-10-20(16)24-18-8-3-2-4-9-18/h2-14H,15H2,1H3. The summed E-state index contributed by atoms with van der Waals surface area (Å²) in [6, 6.07) is 23.6. The summed E-state index contributed by atoms with van der Waals surface area (Å²) >= 11 is 0. The maximum absolute atomic E-state index is 11.5. The van der Waals surface area contributed by atoms with E-state index in [0.717, 1.165) is 17.1 Å². The average Bonchev–Trinajstić information content (AvgIpc) is 2.61. The van der Waals surface area contributed by atoms with E-state index in [4.69, 9.17) is 9.47 Å². The Morgan fingerprint density at radius 3 is 2.08 bits per heavy atom. The second kappa shape index (κ2) is 7.40. The molecule has 0 atom stereocenters. The van der Waals surface area contributed by atoms with Crippen LogP contribution in [0, 0.1) is 0 Å². The number of hydrogen-bond donors (Lipinski definition) is 0. The Morgan fingerprint density at radius 2 is 1.40 bits per heavy atom. The third-order valence-corrected chi connectivity index (χ3v) is 4.72. The molecule has 5 heteroatoms. The maximum Gasteiger partial charge on any atom is 0.175 e. The summed E-state index contributed by atoms with van der Waals surface area (Å²) in [5, 5.41) is 0. The van der Waals surface area contributed by atoms with Crippen molar-refractivity contribution in [2.24, 2.45) is 0 Å². The van der Waals surface area contributed by atoms with Crippen LogP contribution in [-0.4, -0.2) is 14.7 Å². The molecule has 0 fully saturated rings. The molecular weight excluding hydrogens is 336 g/mol. The second-order valence-electron chi connectivity index (χ2n) is 5.56. The van der Waals surface area contributed by atoms with Crippen LogP contribution in [0.5, 0.6) is 17.2 Å². The monoisotopic (exact) mass is 354 g/mol. The number of ether oxygens (including phenoxy) is 2. The van der Waals surface area contributed by atoms with Gasteiger partial charge in [0, 0.05) is 11.8 Å². The fourth-order valence-corrected chi connectivity index (χ4v) is 2.91. The largest absolute Gasteiger partial charge is 0.489 e. The van der Waals surface area contributed by atoms with E-state index in [1.54, 1.807) is 12.1 Å². The SMILES string of the molecule is CS(=O)(=O)c1ccc(OCc2ccccc2Oc2ccccc2)cc1. The normalized spacial score (nSPS) is 11.1. The van der Waals surface area contributed by atoms with Gasteiger partial charge in [0.2, 0.25) is 0 Å². The molecule has 0 saturated carbocycles. The van der Waals surface area contributed by atoms with Crippen molar-refractivity contribution >= 4 is 9.84 Å². The molecule has 0 N–H and O–H groups in total. The molecule has 0 radical (unpaired) electrons. The van der Waals surface area contributed by atoms with Crippen molar-refractivity contribution in [2.45, 2.75) is 11.5 Å². The van der Waals surface area contributed by atoms with Crippen LogP contribution >= 0.6 is 0 Å². The number of rotatable bonds is 6. The van der Waals surface area contributed by atoms with Gasteiger partial charge in [-0.15, -0.1) is 0 Å². The molecule has 0 aromatic heterocycles. The van der Waals surface area contributed by atoms with Crippen molar-refractivity contribution in [3.63, 3.8) is 0 Å². The smallest absolute Gasteiger partial charge is 0.175 e. The molecule has 0 amide bonds. The molecule has 128 valence electrons. The average molecular weight is 354 g/mol. The number of benzene rings is 3. The first kappa shape index (κ1) is 17.0. The Morgan fingerprint density at radius 1 is 0.760 bits per heavy atom. The summed E-state index contributed by atoms with van der Waals surface area (Å²) in [5.74, 6) is 2.08. The lowest BCUT2D eigenvalue weighted by Gasteiger charge is -2.12. The Kier molecular flexibility index (Phi) is 5.05. The van der Waals surface area contributed by atoms with E-state index in [2.05, 4.69) is 0 Å². The fourth-order valence-electron chi connectivity index (χ4n) is 2.28. The van der Waals surface area contributed by atoms with Gasteiger partial charge in [0.05, 0.1) is 4.90 Å². The zero-order valence-corrected chi connectivity index (χ0v) is 14.6. The summed E-state index contributed by atoms with van der Waals surface area (Å²) in [7, 11) is -3.20. The van der Waals surface area contributed by atoms with E-state index >= 15 is 0 Å². The minimum Gasteiger partial charge on any atom is -0.489 e. The summed E-state index contributed by atoms with van der Waals surface area (Å²) in [5.41, 5.74) is 0.901. The van der Waals surface area contributed by atoms with Crippen molar-refractivity contribution in [2.75, 3.05) is 6.26 Å². The van der Waals surface area contributed by atoms with Crippen LogP contribution < -0.4 is 9.47 Å². The molecule has 3 aromatic carbocycles. The van der Waals surface area contributed by atoms with Crippen LogP contribution in [0.25, 0.3) is 0 Å². The predicted octanol–water partition coefficient (Wildman–Crippen LogP) is 4.46. The van der Waals surface area contributed by atoms with Crippen LogP contribution in [0.4, 0.5) is 0 Å². The third kappa shape index (κ3) is 4.61. The topological polar surface area (TPSA) is 52.6 Å². The molecule has 0 spiro atoms. The van der Waals surface area contributed by atoms with Crippen LogP contribution in [0.1, 0.15) is 5.56 Å². The van der Waals surface area contributed by atoms with Gasteiger partial charge in [-0.3, -0.25) is 0 Å². The van der Waals surface area contributed by atoms with E-state index in [-0.39, 0.29) is 4.90 Å². The lowest BCUT2D eigenvalue weighted by Crippen LogP contribution is -2.00. The van der Waals surface area contributed by atoms with Crippen LogP contribution in [-0.2, 0) is 16.4 Å². The predicted molar refractivity (Wildman–Crippen MR) is 96.8 cm³/mol. The van der Waals surface area contributed by atoms with Gasteiger partial charge in [0.15, 0.2) is 9.84 Å². The van der Waals surface area contributed by atoms with E-state index in [1.807, 2.05) is 54.6 Å². The lowest BCUT2D eigenvalue weighted by molar-refractivity contribution is 0.300. The van der Waals surface area contributed by atoms with Gasteiger partial charge in [0.1, 0.15) is 23.9 Å². The molecule has 0 bridgehead atoms. The highest BCUT2D eigenvalue weighted by Gasteiger charge is 2.08. The second-order valence-corrected chi connectivity index (χ2v) is 7.57. The summed E-state index contributed by atoms with van der Waals surface area (Å²) in [4.78, 5) is 0.271. The maximum atomic E-state index is 11.5. The van der Waals surface area contributed by atoms with Crippen LogP contribution in [0.2, 0.25) is 0 Å². The molecule has 0 unspecified atom stereocenters. The van der Waals surface area contributed by atoms with E-state index < -0.39 is 9.84 Å². The number of sulfone groups is 1. The lowest BCUT2D eigenvalue weighted by atomic mass is 10.2. The third-order valence-electron chi connectivity index (χ3n) is 3.59. The zero-order valence-electron chi connectivity index (χ0n) is 13.8. The van der Waals surface area contributed by atoms with Crippen molar-refractivity contribution in [1.82, 2.24) is 0 Å². The first-order valence-corrected chi connectivity index (χ1v) is 9.65.